The maximum Gasteiger partial charge on any atom is 0.335 e. The van der Waals surface area contributed by atoms with E-state index in [0.717, 1.165) is 24.1 Å². The summed E-state index contributed by atoms with van der Waals surface area (Å²) in [7, 11) is 0. The number of hydrogen-bond acceptors (Lipinski definition) is 3. The number of aliphatic imine (C=N–C) groups is 1. The van der Waals surface area contributed by atoms with E-state index in [0.29, 0.717) is 16.6 Å². The molecule has 1 N–H and O–H groups in total. The topological polar surface area (TPSA) is 52.9 Å². The Balaban J connectivity index is 2.02. The van der Waals surface area contributed by atoms with Gasteiger partial charge >= 0.3 is 5.97 Å². The molecular weight excluding hydrogens is 372 g/mol. The Hall–Kier alpha value is -2.33. The van der Waals surface area contributed by atoms with E-state index in [1.54, 1.807) is 24.4 Å². The summed E-state index contributed by atoms with van der Waals surface area (Å²) in [6.45, 7) is 11.8. The molecule has 2 aromatic rings. The molecule has 0 saturated heterocycles. The average molecular weight is 399 g/mol. The molecule has 148 valence electrons. The molecule has 1 unspecified atom stereocenters. The van der Waals surface area contributed by atoms with E-state index < -0.39 is 5.97 Å². The van der Waals surface area contributed by atoms with Crippen LogP contribution >= 0.6 is 11.6 Å². The number of aromatic carboxylic acids is 1. The molecule has 4 nitrogen and oxygen atoms in total. The van der Waals surface area contributed by atoms with E-state index >= 15 is 0 Å². The fourth-order valence-electron chi connectivity index (χ4n) is 4.24. The van der Waals surface area contributed by atoms with E-state index in [-0.39, 0.29) is 11.1 Å². The third kappa shape index (κ3) is 3.79. The summed E-state index contributed by atoms with van der Waals surface area (Å²) in [5.41, 5.74) is 5.20. The SMILES string of the molecule is CCN1c2cc(Cl)c(C=Nc3cc(C(=O)O)ccc3C)cc2C(C)CC1(C)C. The van der Waals surface area contributed by atoms with E-state index in [2.05, 4.69) is 43.7 Å². The van der Waals surface area contributed by atoms with Gasteiger partial charge in [-0.25, -0.2) is 4.79 Å². The highest BCUT2D eigenvalue weighted by Gasteiger charge is 2.35. The van der Waals surface area contributed by atoms with Gasteiger partial charge in [0.1, 0.15) is 0 Å². The van der Waals surface area contributed by atoms with Crippen molar-refractivity contribution in [3.63, 3.8) is 0 Å². The number of aryl methyl sites for hydroxylation is 1. The Bertz CT molecular complexity index is 950. The van der Waals surface area contributed by atoms with Crippen LogP contribution in [0.3, 0.4) is 0 Å². The van der Waals surface area contributed by atoms with Crippen LogP contribution in [0.2, 0.25) is 5.02 Å². The van der Waals surface area contributed by atoms with Crippen LogP contribution in [0.5, 0.6) is 0 Å². The fourth-order valence-corrected chi connectivity index (χ4v) is 4.45. The standard InChI is InChI=1S/C23H27ClN2O2/c1-6-26-21-11-19(24)17(9-18(21)15(3)12-23(26,4)5)13-25-20-10-16(22(27)28)8-7-14(20)2/h7-11,13,15H,6,12H2,1-5H3,(H,27,28). The number of benzene rings is 2. The zero-order chi connectivity index (χ0) is 20.6. The van der Waals surface area contributed by atoms with Crippen molar-refractivity contribution in [1.29, 1.82) is 0 Å². The number of nitrogens with zero attached hydrogens (tertiary/aromatic N) is 2. The minimum absolute atomic E-state index is 0.0918. The van der Waals surface area contributed by atoms with Crippen molar-refractivity contribution in [3.8, 4) is 0 Å². The second-order valence-electron chi connectivity index (χ2n) is 8.16. The zero-order valence-electron chi connectivity index (χ0n) is 17.1. The van der Waals surface area contributed by atoms with Gasteiger partial charge in [0.05, 0.1) is 16.3 Å². The number of halogens is 1. The summed E-state index contributed by atoms with van der Waals surface area (Å²) in [4.78, 5) is 18.2. The predicted molar refractivity (Wildman–Crippen MR) is 117 cm³/mol. The molecule has 1 heterocycles. The lowest BCUT2D eigenvalue weighted by molar-refractivity contribution is 0.0697. The normalized spacial score (nSPS) is 18.4. The van der Waals surface area contributed by atoms with Crippen LogP contribution in [0, 0.1) is 6.92 Å². The van der Waals surface area contributed by atoms with Gasteiger partial charge in [0.25, 0.3) is 0 Å². The van der Waals surface area contributed by atoms with Gasteiger partial charge in [-0.1, -0.05) is 24.6 Å². The monoisotopic (exact) mass is 398 g/mol. The van der Waals surface area contributed by atoms with Crippen LogP contribution in [-0.2, 0) is 0 Å². The molecule has 2 aromatic carbocycles. The van der Waals surface area contributed by atoms with Crippen molar-refractivity contribution >= 4 is 35.2 Å². The van der Waals surface area contributed by atoms with Gasteiger partial charge in [0, 0.05) is 29.5 Å². The molecule has 0 fully saturated rings. The number of fused-ring (bicyclic) bond motifs is 1. The summed E-state index contributed by atoms with van der Waals surface area (Å²) >= 11 is 6.60. The lowest BCUT2D eigenvalue weighted by Gasteiger charge is -2.47. The number of hydrogen-bond donors (Lipinski definition) is 1. The second-order valence-corrected chi connectivity index (χ2v) is 8.57. The molecule has 0 radical (unpaired) electrons. The van der Waals surface area contributed by atoms with Crippen molar-refractivity contribution in [1.82, 2.24) is 0 Å². The summed E-state index contributed by atoms with van der Waals surface area (Å²) in [5.74, 6) is -0.534. The first-order valence-corrected chi connectivity index (χ1v) is 10.0. The van der Waals surface area contributed by atoms with Gasteiger partial charge in [-0.15, -0.1) is 0 Å². The largest absolute Gasteiger partial charge is 0.478 e. The number of rotatable bonds is 4. The molecule has 1 aliphatic rings. The molecule has 0 aliphatic carbocycles. The van der Waals surface area contributed by atoms with Gasteiger partial charge in [0.2, 0.25) is 0 Å². The average Bonchev–Trinajstić information content (AvgIpc) is 2.61. The molecule has 0 bridgehead atoms. The van der Waals surface area contributed by atoms with E-state index in [4.69, 9.17) is 11.6 Å². The van der Waals surface area contributed by atoms with Crippen LogP contribution in [0.25, 0.3) is 0 Å². The van der Waals surface area contributed by atoms with Crippen molar-refractivity contribution in [2.75, 3.05) is 11.4 Å². The molecule has 0 aromatic heterocycles. The maximum absolute atomic E-state index is 11.2. The molecule has 1 atom stereocenters. The van der Waals surface area contributed by atoms with Crippen LogP contribution in [0.1, 0.15) is 67.1 Å². The third-order valence-corrected chi connectivity index (χ3v) is 5.95. The van der Waals surface area contributed by atoms with Gasteiger partial charge in [-0.2, -0.15) is 0 Å². The van der Waals surface area contributed by atoms with Gasteiger partial charge in [0.15, 0.2) is 0 Å². The summed E-state index contributed by atoms with van der Waals surface area (Å²) < 4.78 is 0. The molecule has 28 heavy (non-hydrogen) atoms. The Morgan fingerprint density at radius 1 is 1.36 bits per heavy atom. The molecule has 0 spiro atoms. The zero-order valence-corrected chi connectivity index (χ0v) is 17.8. The van der Waals surface area contributed by atoms with Crippen molar-refractivity contribution in [3.05, 3.63) is 57.6 Å². The minimum atomic E-state index is -0.959. The van der Waals surface area contributed by atoms with E-state index in [1.807, 2.05) is 13.0 Å². The van der Waals surface area contributed by atoms with Crippen molar-refractivity contribution in [2.24, 2.45) is 4.99 Å². The second kappa shape index (κ2) is 7.59. The Kier molecular flexibility index (Phi) is 5.53. The Morgan fingerprint density at radius 3 is 2.71 bits per heavy atom. The summed E-state index contributed by atoms with van der Waals surface area (Å²) in [6.07, 6.45) is 2.81. The van der Waals surface area contributed by atoms with Crippen LogP contribution in [0.15, 0.2) is 35.3 Å². The summed E-state index contributed by atoms with van der Waals surface area (Å²) in [6, 6.07) is 9.11. The Labute approximate surface area is 171 Å². The van der Waals surface area contributed by atoms with Gasteiger partial charge in [-0.3, -0.25) is 4.99 Å². The molecule has 1 aliphatic heterocycles. The first-order chi connectivity index (χ1) is 13.1. The van der Waals surface area contributed by atoms with Crippen molar-refractivity contribution in [2.45, 2.75) is 52.5 Å². The van der Waals surface area contributed by atoms with Crippen LogP contribution in [0.4, 0.5) is 11.4 Å². The lowest BCUT2D eigenvalue weighted by atomic mass is 9.79. The predicted octanol–water partition coefficient (Wildman–Crippen LogP) is 6.21. The number of carboxylic acid groups (broad SMARTS) is 1. The van der Waals surface area contributed by atoms with Gasteiger partial charge < -0.3 is 10.0 Å². The van der Waals surface area contributed by atoms with Gasteiger partial charge in [-0.05, 0) is 75.4 Å². The molecule has 0 saturated carbocycles. The van der Waals surface area contributed by atoms with E-state index in [9.17, 15) is 9.90 Å². The first-order valence-electron chi connectivity index (χ1n) is 9.63. The molecule has 5 heteroatoms. The highest BCUT2D eigenvalue weighted by molar-refractivity contribution is 6.33. The highest BCUT2D eigenvalue weighted by Crippen LogP contribution is 2.44. The summed E-state index contributed by atoms with van der Waals surface area (Å²) in [5, 5.41) is 9.85. The molecule has 0 amide bonds. The molecular formula is C23H27ClN2O2. The third-order valence-electron chi connectivity index (χ3n) is 5.62. The number of carboxylic acids is 1. The molecule has 3 rings (SSSR count). The first kappa shape index (κ1) is 20.4. The fraction of sp³-hybridized carbons (Fsp3) is 0.391. The minimum Gasteiger partial charge on any atom is -0.478 e. The quantitative estimate of drug-likeness (QED) is 0.623. The maximum atomic E-state index is 11.2. The number of anilines is 1. The number of carbonyl (C=O) groups is 1. The highest BCUT2D eigenvalue weighted by atomic mass is 35.5. The lowest BCUT2D eigenvalue weighted by Crippen LogP contribution is -2.48. The van der Waals surface area contributed by atoms with Crippen LogP contribution in [-0.4, -0.2) is 29.4 Å². The Morgan fingerprint density at radius 2 is 2.07 bits per heavy atom. The van der Waals surface area contributed by atoms with Crippen molar-refractivity contribution < 1.29 is 9.90 Å². The smallest absolute Gasteiger partial charge is 0.335 e. The van der Waals surface area contributed by atoms with E-state index in [1.165, 1.54) is 11.3 Å². The van der Waals surface area contributed by atoms with Crippen LogP contribution < -0.4 is 4.90 Å².